The first-order chi connectivity index (χ1) is 8.71. The second-order valence-electron chi connectivity index (χ2n) is 4.32. The summed E-state index contributed by atoms with van der Waals surface area (Å²) in [6.07, 6.45) is -7.20. The van der Waals surface area contributed by atoms with E-state index in [1.165, 1.54) is 6.07 Å². The van der Waals surface area contributed by atoms with Crippen molar-refractivity contribution < 1.29 is 23.0 Å². The van der Waals surface area contributed by atoms with Crippen molar-refractivity contribution in [1.82, 2.24) is 0 Å². The van der Waals surface area contributed by atoms with E-state index in [4.69, 9.17) is 15.6 Å². The smallest absolute Gasteiger partial charge is 0.416 e. The molecular formula is C12H17F3N2O2. The van der Waals surface area contributed by atoms with Gasteiger partial charge in [-0.1, -0.05) is 6.07 Å². The van der Waals surface area contributed by atoms with Crippen molar-refractivity contribution in [2.75, 3.05) is 17.6 Å². The molecule has 0 spiro atoms. The van der Waals surface area contributed by atoms with Crippen molar-refractivity contribution in [2.45, 2.75) is 32.2 Å². The molecule has 4 N–H and O–H groups in total. The van der Waals surface area contributed by atoms with Gasteiger partial charge in [-0.25, -0.2) is 0 Å². The first kappa shape index (κ1) is 15.4. The molecule has 0 heterocycles. The number of para-hydroxylation sites is 1. The Kier molecular flexibility index (Phi) is 4.88. The Balaban J connectivity index is 2.74. The van der Waals surface area contributed by atoms with E-state index in [9.17, 15) is 13.2 Å². The number of alkyl halides is 3. The predicted molar refractivity (Wildman–Crippen MR) is 67.2 cm³/mol. The Bertz CT molecular complexity index is 422. The number of aliphatic hydroxyl groups is 1. The molecule has 7 heteroatoms. The lowest BCUT2D eigenvalue weighted by atomic mass is 10.2. The van der Waals surface area contributed by atoms with Crippen LogP contribution in [-0.4, -0.2) is 30.0 Å². The fourth-order valence-electron chi connectivity index (χ4n) is 1.38. The van der Waals surface area contributed by atoms with Crippen molar-refractivity contribution in [3.05, 3.63) is 18.2 Å². The van der Waals surface area contributed by atoms with Gasteiger partial charge in [0.25, 0.3) is 0 Å². The third-order valence-corrected chi connectivity index (χ3v) is 2.29. The molecule has 0 aliphatic carbocycles. The van der Waals surface area contributed by atoms with Gasteiger partial charge in [0.2, 0.25) is 0 Å². The van der Waals surface area contributed by atoms with Crippen LogP contribution in [0.4, 0.5) is 24.5 Å². The second-order valence-corrected chi connectivity index (χ2v) is 4.32. The molecule has 108 valence electrons. The zero-order chi connectivity index (χ0) is 14.6. The summed E-state index contributed by atoms with van der Waals surface area (Å²) in [5.41, 5.74) is 6.28. The molecule has 0 radical (unpaired) electrons. The third kappa shape index (κ3) is 4.51. The standard InChI is InChI=1S/C12H17F3N2O2/c1-7(2)19-9-5-3-4-8(11(9)16)17-6-10(18)12(13,14)15/h3-5,7,10,17-18H,6,16H2,1-2H3. The molecule has 1 unspecified atom stereocenters. The van der Waals surface area contributed by atoms with E-state index in [1.807, 2.05) is 13.8 Å². The second kappa shape index (κ2) is 6.01. The summed E-state index contributed by atoms with van der Waals surface area (Å²) in [4.78, 5) is 0. The van der Waals surface area contributed by atoms with E-state index >= 15 is 0 Å². The van der Waals surface area contributed by atoms with Crippen molar-refractivity contribution in [3.8, 4) is 5.75 Å². The molecule has 0 amide bonds. The van der Waals surface area contributed by atoms with Gasteiger partial charge < -0.3 is 20.9 Å². The van der Waals surface area contributed by atoms with Crippen LogP contribution in [0, 0.1) is 0 Å². The average Bonchev–Trinajstić information content (AvgIpc) is 2.28. The molecule has 0 aromatic heterocycles. The number of ether oxygens (including phenoxy) is 1. The average molecular weight is 278 g/mol. The molecule has 1 aromatic carbocycles. The summed E-state index contributed by atoms with van der Waals surface area (Å²) in [7, 11) is 0. The highest BCUT2D eigenvalue weighted by atomic mass is 19.4. The summed E-state index contributed by atoms with van der Waals surface area (Å²) >= 11 is 0. The van der Waals surface area contributed by atoms with Crippen LogP contribution in [0.25, 0.3) is 0 Å². The Labute approximate surface area is 109 Å². The third-order valence-electron chi connectivity index (χ3n) is 2.29. The number of nitrogen functional groups attached to an aromatic ring is 1. The van der Waals surface area contributed by atoms with Crippen molar-refractivity contribution >= 4 is 11.4 Å². The van der Waals surface area contributed by atoms with Gasteiger partial charge in [0.05, 0.1) is 17.5 Å². The SMILES string of the molecule is CC(C)Oc1cccc(NCC(O)C(F)(F)F)c1N. The Morgan fingerprint density at radius 1 is 1.37 bits per heavy atom. The lowest BCUT2D eigenvalue weighted by molar-refractivity contribution is -0.198. The molecule has 0 bridgehead atoms. The van der Waals surface area contributed by atoms with E-state index in [2.05, 4.69) is 5.32 Å². The lowest BCUT2D eigenvalue weighted by Gasteiger charge is -2.18. The van der Waals surface area contributed by atoms with Crippen LogP contribution in [-0.2, 0) is 0 Å². The highest BCUT2D eigenvalue weighted by Gasteiger charge is 2.37. The Morgan fingerprint density at radius 2 is 2.00 bits per heavy atom. The molecule has 0 saturated carbocycles. The maximum atomic E-state index is 12.2. The number of anilines is 2. The first-order valence-corrected chi connectivity index (χ1v) is 5.75. The topological polar surface area (TPSA) is 67.5 Å². The van der Waals surface area contributed by atoms with Crippen LogP contribution in [0.2, 0.25) is 0 Å². The maximum absolute atomic E-state index is 12.2. The number of rotatable bonds is 5. The Morgan fingerprint density at radius 3 is 2.53 bits per heavy atom. The summed E-state index contributed by atoms with van der Waals surface area (Å²) in [5, 5.41) is 11.4. The van der Waals surface area contributed by atoms with Crippen LogP contribution >= 0.6 is 0 Å². The fraction of sp³-hybridized carbons (Fsp3) is 0.500. The molecule has 0 fully saturated rings. The normalized spacial score (nSPS) is 13.4. The van der Waals surface area contributed by atoms with Crippen molar-refractivity contribution in [2.24, 2.45) is 0 Å². The maximum Gasteiger partial charge on any atom is 0.416 e. The van der Waals surface area contributed by atoms with Crippen LogP contribution in [0.5, 0.6) is 5.75 Å². The quantitative estimate of drug-likeness (QED) is 0.723. The highest BCUT2D eigenvalue weighted by Crippen LogP contribution is 2.30. The summed E-state index contributed by atoms with van der Waals surface area (Å²) < 4.78 is 41.9. The summed E-state index contributed by atoms with van der Waals surface area (Å²) in [6, 6.07) is 4.75. The molecule has 1 atom stereocenters. The highest BCUT2D eigenvalue weighted by molar-refractivity contribution is 5.72. The van der Waals surface area contributed by atoms with Gasteiger partial charge in [0.1, 0.15) is 5.75 Å². The number of aliphatic hydroxyl groups excluding tert-OH is 1. The minimum absolute atomic E-state index is 0.0988. The molecule has 1 aromatic rings. The predicted octanol–water partition coefficient (Wildman–Crippen LogP) is 2.39. The van der Waals surface area contributed by atoms with E-state index in [0.717, 1.165) is 0 Å². The van der Waals surface area contributed by atoms with Crippen molar-refractivity contribution in [1.29, 1.82) is 0 Å². The van der Waals surface area contributed by atoms with Gasteiger partial charge in [0.15, 0.2) is 6.10 Å². The van der Waals surface area contributed by atoms with E-state index in [-0.39, 0.29) is 11.8 Å². The van der Waals surface area contributed by atoms with Gasteiger partial charge in [0, 0.05) is 6.54 Å². The molecule has 1 rings (SSSR count). The Hall–Kier alpha value is -1.63. The molecule has 0 saturated heterocycles. The van der Waals surface area contributed by atoms with Crippen LogP contribution in [0.3, 0.4) is 0 Å². The van der Waals surface area contributed by atoms with Gasteiger partial charge >= 0.3 is 6.18 Å². The monoisotopic (exact) mass is 278 g/mol. The molecule has 19 heavy (non-hydrogen) atoms. The zero-order valence-corrected chi connectivity index (χ0v) is 10.7. The molecule has 0 aliphatic heterocycles. The van der Waals surface area contributed by atoms with Gasteiger partial charge in [-0.2, -0.15) is 13.2 Å². The van der Waals surface area contributed by atoms with E-state index in [1.54, 1.807) is 12.1 Å². The molecule has 4 nitrogen and oxygen atoms in total. The minimum Gasteiger partial charge on any atom is -0.489 e. The largest absolute Gasteiger partial charge is 0.489 e. The molecular weight excluding hydrogens is 261 g/mol. The lowest BCUT2D eigenvalue weighted by Crippen LogP contribution is -2.35. The number of halogens is 3. The van der Waals surface area contributed by atoms with Crippen LogP contribution < -0.4 is 15.8 Å². The van der Waals surface area contributed by atoms with E-state index < -0.39 is 18.8 Å². The van der Waals surface area contributed by atoms with Gasteiger partial charge in [-0.05, 0) is 26.0 Å². The number of nitrogens with two attached hydrogens (primary N) is 1. The van der Waals surface area contributed by atoms with E-state index in [0.29, 0.717) is 11.4 Å². The number of benzene rings is 1. The summed E-state index contributed by atoms with van der Waals surface area (Å²) in [5.74, 6) is 0.390. The van der Waals surface area contributed by atoms with Gasteiger partial charge in [-0.3, -0.25) is 0 Å². The van der Waals surface area contributed by atoms with Crippen LogP contribution in [0.1, 0.15) is 13.8 Å². The summed E-state index contributed by atoms with van der Waals surface area (Å²) in [6.45, 7) is 2.96. The fourth-order valence-corrected chi connectivity index (χ4v) is 1.38. The number of hydrogen-bond donors (Lipinski definition) is 3. The molecule has 0 aliphatic rings. The first-order valence-electron chi connectivity index (χ1n) is 5.75. The van der Waals surface area contributed by atoms with Crippen LogP contribution in [0.15, 0.2) is 18.2 Å². The van der Waals surface area contributed by atoms with Gasteiger partial charge in [-0.15, -0.1) is 0 Å². The minimum atomic E-state index is -4.66. The number of hydrogen-bond acceptors (Lipinski definition) is 4. The zero-order valence-electron chi connectivity index (χ0n) is 10.7. The number of nitrogens with one attached hydrogen (secondary N) is 1. The van der Waals surface area contributed by atoms with Crippen molar-refractivity contribution in [3.63, 3.8) is 0 Å².